The van der Waals surface area contributed by atoms with Gasteiger partial charge >= 0.3 is 65.2 Å². The van der Waals surface area contributed by atoms with Gasteiger partial charge in [0.1, 0.15) is 0 Å². The van der Waals surface area contributed by atoms with Gasteiger partial charge in [0.15, 0.2) is 0 Å². The van der Waals surface area contributed by atoms with Crippen LogP contribution >= 0.6 is 0 Å². The zero-order valence-electron chi connectivity index (χ0n) is 35.2. The molecule has 0 aliphatic carbocycles. The summed E-state index contributed by atoms with van der Waals surface area (Å²) in [6, 6.07) is 0. The number of amides is 6. The Bertz CT molecular complexity index is 625. The van der Waals surface area contributed by atoms with Crippen molar-refractivity contribution in [2.75, 3.05) is 0 Å². The van der Waals surface area contributed by atoms with E-state index < -0.39 is 35.4 Å². The summed E-state index contributed by atoms with van der Waals surface area (Å²) in [7, 11) is 0. The first kappa shape index (κ1) is 102. The number of unbranched alkanes of at least 4 members (excludes halogenated alkanes) is 12. The molecule has 57 heavy (non-hydrogen) atoms. The van der Waals surface area contributed by atoms with Gasteiger partial charge in [0.25, 0.3) is 0 Å². The van der Waals surface area contributed by atoms with Crippen LogP contribution in [0.4, 0.5) is 0 Å². The SMILES string of the molecule is CCCCCC([NH-])=O.CCCCCC([NH-])=O.CCCCCC([NH-])=O.CCCCCC([NH-])=O.CCCCCC([NH-])=O.CCCCCC([NH-])=O.[Cl-].[Cl-].[Cl-].[Cl-].[Cl-].[Cl-].[Ti+4].[Ti+4].[Ti+4]. The smallest absolute Gasteiger partial charge is 1.00 e. The van der Waals surface area contributed by atoms with Crippen molar-refractivity contribution < 1.29 is 168 Å². The molecular formula is C36H72Cl6N6O6Ti3. The molecule has 21 heteroatoms. The Morgan fingerprint density at radius 1 is 0.246 bits per heavy atom. The molecule has 0 fully saturated rings. The van der Waals surface area contributed by atoms with Crippen molar-refractivity contribution in [3.8, 4) is 0 Å². The van der Waals surface area contributed by atoms with Gasteiger partial charge in [-0.15, -0.1) is 0 Å². The fourth-order valence-corrected chi connectivity index (χ4v) is 3.21. The van der Waals surface area contributed by atoms with Gasteiger partial charge in [0.2, 0.25) is 0 Å². The molecule has 0 aliphatic rings. The van der Waals surface area contributed by atoms with Crippen LogP contribution in [-0.2, 0) is 93.9 Å². The van der Waals surface area contributed by atoms with Gasteiger partial charge in [0.05, 0.1) is 0 Å². The first-order valence-corrected chi connectivity index (χ1v) is 18.1. The van der Waals surface area contributed by atoms with Crippen LogP contribution in [0.15, 0.2) is 0 Å². The predicted octanol–water partition coefficient (Wildman–Crippen LogP) is -5.11. The summed E-state index contributed by atoms with van der Waals surface area (Å²) in [5.74, 6) is -2.59. The van der Waals surface area contributed by atoms with Crippen molar-refractivity contribution in [2.24, 2.45) is 0 Å². The fourth-order valence-electron chi connectivity index (χ4n) is 3.21. The maximum atomic E-state index is 9.99. The molecule has 0 saturated carbocycles. The van der Waals surface area contributed by atoms with Gasteiger partial charge in [-0.2, -0.15) is 0 Å². The number of carbonyl (C=O) groups excluding carboxylic acids is 6. The van der Waals surface area contributed by atoms with Gasteiger partial charge in [-0.1, -0.05) is 119 Å². The molecule has 0 aromatic heterocycles. The molecule has 0 atom stereocenters. The van der Waals surface area contributed by atoms with Crippen LogP contribution in [-0.4, -0.2) is 35.4 Å². The normalized spacial score (nSPS) is 7.68. The molecule has 6 amide bonds. The zero-order chi connectivity index (χ0) is 38.4. The van der Waals surface area contributed by atoms with Crippen molar-refractivity contribution in [3.05, 3.63) is 34.4 Å². The van der Waals surface area contributed by atoms with Crippen LogP contribution in [0.3, 0.4) is 0 Å². The van der Waals surface area contributed by atoms with Crippen LogP contribution in [0.1, 0.15) is 196 Å². The van der Waals surface area contributed by atoms with Gasteiger partial charge in [-0.3, -0.25) is 0 Å². The van der Waals surface area contributed by atoms with Crippen LogP contribution < -0.4 is 74.4 Å². The molecule has 0 saturated heterocycles. The van der Waals surface area contributed by atoms with E-state index in [1.165, 1.54) is 0 Å². The summed E-state index contributed by atoms with van der Waals surface area (Å²) in [5, 5.41) is 0. The molecule has 0 bridgehead atoms. The van der Waals surface area contributed by atoms with E-state index in [1.54, 1.807) is 0 Å². The van der Waals surface area contributed by atoms with Crippen LogP contribution in [0.25, 0.3) is 34.4 Å². The Morgan fingerprint density at radius 2 is 0.333 bits per heavy atom. The van der Waals surface area contributed by atoms with E-state index in [-0.39, 0.29) is 140 Å². The van der Waals surface area contributed by atoms with E-state index in [0.29, 0.717) is 38.5 Å². The second-order valence-electron chi connectivity index (χ2n) is 11.3. The van der Waals surface area contributed by atoms with Crippen molar-refractivity contribution in [2.45, 2.75) is 196 Å². The minimum absolute atomic E-state index is 0. The van der Waals surface area contributed by atoms with E-state index in [2.05, 4.69) is 41.5 Å². The second kappa shape index (κ2) is 96.5. The van der Waals surface area contributed by atoms with Crippen molar-refractivity contribution in [1.82, 2.24) is 0 Å². The van der Waals surface area contributed by atoms with E-state index in [0.717, 1.165) is 116 Å². The molecule has 0 aromatic rings. The Kier molecular flexibility index (Phi) is 172. The Morgan fingerprint density at radius 3 is 0.386 bits per heavy atom. The zero-order valence-corrected chi connectivity index (χ0v) is 44.4. The molecule has 0 rings (SSSR count). The third-order valence-corrected chi connectivity index (χ3v) is 6.04. The molecule has 0 aliphatic heterocycles. The molecule has 0 radical (unpaired) electrons. The molecule has 0 unspecified atom stereocenters. The molecule has 12 nitrogen and oxygen atoms in total. The van der Waals surface area contributed by atoms with E-state index in [1.807, 2.05) is 0 Å². The summed E-state index contributed by atoms with van der Waals surface area (Å²) >= 11 is 0. The topological polar surface area (TPSA) is 245 Å². The average molecular weight is 1040 g/mol. The number of carbonyl (C=O) groups is 6. The molecular weight excluding hydrogens is 969 g/mol. The van der Waals surface area contributed by atoms with Crippen molar-refractivity contribution in [3.63, 3.8) is 0 Å². The van der Waals surface area contributed by atoms with Crippen LogP contribution in [0.2, 0.25) is 0 Å². The molecule has 6 N–H and O–H groups in total. The van der Waals surface area contributed by atoms with Crippen LogP contribution in [0.5, 0.6) is 0 Å². The first-order chi connectivity index (χ1) is 22.6. The monoisotopic (exact) mass is 1040 g/mol. The van der Waals surface area contributed by atoms with E-state index >= 15 is 0 Å². The number of hydrogen-bond donors (Lipinski definition) is 0. The fraction of sp³-hybridized carbons (Fsp3) is 0.833. The summed E-state index contributed by atoms with van der Waals surface area (Å²) in [5.41, 5.74) is 39.1. The summed E-state index contributed by atoms with van der Waals surface area (Å²) in [6.07, 6.45) is 21.1. The standard InChI is InChI=1S/6C6H13NO.6ClH.3Ti/c6*1-2-3-4-5-6(7)8;;;;;;;;;/h6*2-5H2,1H3,(H2,7,8);6*1H;;;/q;;;;;;;;;;;;3*+4/p-12. The number of nitrogens with one attached hydrogen (secondary N) is 6. The third-order valence-electron chi connectivity index (χ3n) is 6.04. The summed E-state index contributed by atoms with van der Waals surface area (Å²) in [4.78, 5) is 59.9. The number of halogens is 6. The quantitative estimate of drug-likeness (QED) is 0.0676. The Balaban J connectivity index is -0.0000000277. The molecule has 0 spiro atoms. The largest absolute Gasteiger partial charge is 4.00 e. The molecule has 0 aromatic carbocycles. The summed E-state index contributed by atoms with van der Waals surface area (Å²) < 4.78 is 0. The van der Waals surface area contributed by atoms with E-state index in [9.17, 15) is 28.8 Å². The Hall–Kier alpha value is 0.703. The molecule has 336 valence electrons. The predicted molar refractivity (Wildman–Crippen MR) is 201 cm³/mol. The maximum absolute atomic E-state index is 9.99. The second-order valence-corrected chi connectivity index (χ2v) is 11.3. The molecule has 0 heterocycles. The van der Waals surface area contributed by atoms with Gasteiger partial charge in [-0.25, -0.2) is 0 Å². The average Bonchev–Trinajstić information content (AvgIpc) is 2.99. The first-order valence-electron chi connectivity index (χ1n) is 18.1. The summed E-state index contributed by atoms with van der Waals surface area (Å²) in [6.45, 7) is 12.5. The van der Waals surface area contributed by atoms with Gasteiger partial charge in [0, 0.05) is 35.4 Å². The van der Waals surface area contributed by atoms with Gasteiger partial charge in [-0.05, 0) is 77.0 Å². The minimum atomic E-state index is -0.432. The van der Waals surface area contributed by atoms with E-state index in [4.69, 9.17) is 34.4 Å². The van der Waals surface area contributed by atoms with Gasteiger partial charge < -0.3 is 138 Å². The minimum Gasteiger partial charge on any atom is -1.00 e. The van der Waals surface area contributed by atoms with Crippen LogP contribution in [0, 0.1) is 0 Å². The number of hydrogen-bond acceptors (Lipinski definition) is 6. The number of rotatable bonds is 24. The third kappa shape index (κ3) is 180. The van der Waals surface area contributed by atoms with Crippen molar-refractivity contribution in [1.29, 1.82) is 0 Å². The Labute approximate surface area is 429 Å². The maximum Gasteiger partial charge on any atom is 4.00 e. The van der Waals surface area contributed by atoms with Crippen molar-refractivity contribution >= 4 is 35.4 Å².